The van der Waals surface area contributed by atoms with Crippen molar-refractivity contribution in [3.63, 3.8) is 0 Å². The van der Waals surface area contributed by atoms with Crippen molar-refractivity contribution in [3.8, 4) is 0 Å². The van der Waals surface area contributed by atoms with E-state index < -0.39 is 0 Å². The van der Waals surface area contributed by atoms with Crippen LogP contribution in [0.5, 0.6) is 0 Å². The van der Waals surface area contributed by atoms with E-state index >= 15 is 0 Å². The van der Waals surface area contributed by atoms with E-state index in [2.05, 4.69) is 251 Å². The number of nitrogens with zero attached hydrogens (tertiary/aromatic N) is 27. The summed E-state index contributed by atoms with van der Waals surface area (Å²) in [6, 6.07) is 67.3. The molecule has 35 nitrogen and oxygen atoms in total. The van der Waals surface area contributed by atoms with E-state index in [1.807, 2.05) is 174 Å². The lowest BCUT2D eigenvalue weighted by Gasteiger charge is -1.90. The second-order valence-electron chi connectivity index (χ2n) is 22.3. The van der Waals surface area contributed by atoms with Gasteiger partial charge in [-0.2, -0.15) is 36.8 Å². The first-order chi connectivity index (χ1) is 65.8. The van der Waals surface area contributed by atoms with Crippen LogP contribution < -0.4 is 0 Å². The molecule has 22 heterocycles. The molecule has 0 saturated heterocycles. The Morgan fingerprint density at radius 3 is 1.17 bits per heavy atom. The lowest BCUT2D eigenvalue weighted by atomic mass is 10.3. The molecular formula is C91H87N33O2S6. The van der Waals surface area contributed by atoms with Gasteiger partial charge in [-0.15, -0.1) is 70.8 Å². The number of nitrogens with one attached hydrogen (secondary N) is 6. The van der Waals surface area contributed by atoms with Gasteiger partial charge in [0.25, 0.3) is 0 Å². The monoisotopic (exact) mass is 1870 g/mol. The van der Waals surface area contributed by atoms with Crippen molar-refractivity contribution in [2.75, 3.05) is 0 Å². The third-order valence-corrected chi connectivity index (χ3v) is 17.7. The number of H-pyrrole nitrogens is 6. The SMILES string of the molecule is c1c[nH]cn1.c1cc2sccc2s1.c1cc[nH]c1.c1ccc2[nH]ccc2c1.c1ccc2[nH]cnc2c1.c1ccc2nccnc2c1.c1ccc2sccc2c1.c1ccncc1.c1ccnnc1.c1ccsc1.c1cn[nH]c1.c1cn[nH]c1.c1cnccn1.c1cncnc1.c1cnncn1.c1cnoc1.c1cnsc1.c1cocn1.c1cscn1.c1ncncn1.c1nncnn1. The molecule has 26 aromatic rings. The maximum absolute atomic E-state index is 4.47. The third kappa shape index (κ3) is 58.6. The smallest absolute Gasteiger partial charge is 0.180 e. The molecule has 22 aromatic heterocycles. The third-order valence-electron chi connectivity index (χ3n) is 13.3. The Balaban J connectivity index is 0.000000214. The minimum atomic E-state index is 0.949. The van der Waals surface area contributed by atoms with Crippen LogP contribution in [0.15, 0.2) is 502 Å². The number of benzene rings is 4. The van der Waals surface area contributed by atoms with Crippen LogP contribution in [-0.4, -0.2) is 165 Å². The van der Waals surface area contributed by atoms with Crippen LogP contribution >= 0.6 is 68.2 Å². The second-order valence-corrected chi connectivity index (χ2v) is 27.4. The van der Waals surface area contributed by atoms with Crippen molar-refractivity contribution in [3.05, 3.63) is 493 Å². The number of thiophene rings is 4. The lowest BCUT2D eigenvalue weighted by molar-refractivity contribution is 0.420. The number of hydrogen-bond donors (Lipinski definition) is 6. The maximum Gasteiger partial charge on any atom is 0.180 e. The summed E-state index contributed by atoms with van der Waals surface area (Å²) in [5, 5.41) is 60.1. The fourth-order valence-corrected chi connectivity index (χ4v) is 11.7. The van der Waals surface area contributed by atoms with E-state index in [-0.39, 0.29) is 0 Å². The van der Waals surface area contributed by atoms with Crippen LogP contribution in [0.4, 0.5) is 0 Å². The van der Waals surface area contributed by atoms with Crippen LogP contribution in [0.25, 0.3) is 52.5 Å². The topological polar surface area (TPSA) is 469 Å². The molecule has 26 rings (SSSR count). The molecule has 0 fully saturated rings. The fraction of sp³-hybridized carbons (Fsp3) is 0. The van der Waals surface area contributed by atoms with Crippen molar-refractivity contribution >= 4 is 121 Å². The minimum Gasteiger partial charge on any atom is -0.452 e. The van der Waals surface area contributed by atoms with Gasteiger partial charge in [-0.3, -0.25) is 40.1 Å². The zero-order valence-electron chi connectivity index (χ0n) is 70.1. The molecule has 0 aliphatic rings. The molecule has 664 valence electrons. The summed E-state index contributed by atoms with van der Waals surface area (Å²) in [6.07, 6.45) is 63.5. The predicted octanol–water partition coefficient (Wildman–Crippen LogP) is 20.4. The molecule has 132 heavy (non-hydrogen) atoms. The Morgan fingerprint density at radius 2 is 0.833 bits per heavy atom. The fourth-order valence-electron chi connectivity index (χ4n) is 7.89. The summed E-state index contributed by atoms with van der Waals surface area (Å²) in [6.45, 7) is 0. The molecule has 0 aliphatic carbocycles. The Labute approximate surface area is 782 Å². The number of para-hydroxylation sites is 5. The first kappa shape index (κ1) is 103. The average Bonchev–Trinajstić information content (AvgIpc) is 1.71. The Morgan fingerprint density at radius 1 is 0.258 bits per heavy atom. The van der Waals surface area contributed by atoms with Crippen molar-refractivity contribution < 1.29 is 8.94 Å². The molecule has 0 bridgehead atoms. The normalized spacial score (nSPS) is 8.76. The molecule has 0 aliphatic heterocycles. The van der Waals surface area contributed by atoms with E-state index in [0.29, 0.717) is 0 Å². The van der Waals surface area contributed by atoms with E-state index in [9.17, 15) is 0 Å². The van der Waals surface area contributed by atoms with Crippen molar-refractivity contribution in [2.45, 2.75) is 0 Å². The average molecular weight is 1870 g/mol. The Kier molecular flexibility index (Phi) is 62.1. The molecule has 41 heteroatoms. The van der Waals surface area contributed by atoms with Crippen LogP contribution in [0, 0.1) is 0 Å². The molecule has 4 aromatic carbocycles. The van der Waals surface area contributed by atoms with Crippen molar-refractivity contribution in [1.82, 2.24) is 165 Å². The quantitative estimate of drug-likeness (QED) is 0.0821. The number of hydrogen-bond acceptors (Lipinski definition) is 35. The number of thiazole rings is 1. The summed E-state index contributed by atoms with van der Waals surface area (Å²) in [7, 11) is 0. The first-order valence-electron chi connectivity index (χ1n) is 38.4. The number of fused-ring (bicyclic) bond motifs is 5. The van der Waals surface area contributed by atoms with Gasteiger partial charge >= 0.3 is 0 Å². The van der Waals surface area contributed by atoms with Crippen LogP contribution in [-0.2, 0) is 0 Å². The molecular weight excluding hydrogens is 1780 g/mol. The summed E-state index contributed by atoms with van der Waals surface area (Å²) < 4.78 is 16.8. The second kappa shape index (κ2) is 79.4. The number of rotatable bonds is 0. The van der Waals surface area contributed by atoms with Gasteiger partial charge in [-0.1, -0.05) is 84.0 Å². The van der Waals surface area contributed by atoms with Crippen LogP contribution in [0.2, 0.25) is 0 Å². The number of aromatic nitrogens is 33. The van der Waals surface area contributed by atoms with Crippen molar-refractivity contribution in [1.29, 1.82) is 0 Å². The summed E-state index contributed by atoms with van der Waals surface area (Å²) >= 11 is 10.2. The highest BCUT2D eigenvalue weighted by Gasteiger charge is 1.93. The maximum atomic E-state index is 4.47. The Bertz CT molecular complexity index is 5000. The Hall–Kier alpha value is -17.5. The zero-order chi connectivity index (χ0) is 92.0. The minimum absolute atomic E-state index is 0.949. The molecule has 0 spiro atoms. The van der Waals surface area contributed by atoms with Gasteiger partial charge in [0.05, 0.1) is 58.8 Å². The van der Waals surface area contributed by atoms with E-state index in [0.717, 1.165) is 22.1 Å². The van der Waals surface area contributed by atoms with Crippen LogP contribution in [0.1, 0.15) is 0 Å². The van der Waals surface area contributed by atoms with Gasteiger partial charge in [-0.25, -0.2) is 49.2 Å². The van der Waals surface area contributed by atoms with Gasteiger partial charge in [0.15, 0.2) is 19.0 Å². The van der Waals surface area contributed by atoms with Crippen molar-refractivity contribution in [2.24, 2.45) is 0 Å². The molecule has 0 unspecified atom stereocenters. The highest BCUT2D eigenvalue weighted by molar-refractivity contribution is 7.25. The summed E-state index contributed by atoms with van der Waals surface area (Å²) in [5.41, 5.74) is 7.02. The molecule has 0 radical (unpaired) electrons. The zero-order valence-corrected chi connectivity index (χ0v) is 75.0. The summed E-state index contributed by atoms with van der Waals surface area (Å²) in [4.78, 5) is 67.9. The largest absolute Gasteiger partial charge is 0.452 e. The lowest BCUT2D eigenvalue weighted by Crippen LogP contribution is -1.81. The first-order valence-corrected chi connectivity index (χ1v) is 43.8. The molecule has 6 N–H and O–H groups in total. The molecule has 0 atom stereocenters. The van der Waals surface area contributed by atoms with E-state index in [1.54, 1.807) is 230 Å². The van der Waals surface area contributed by atoms with Gasteiger partial charge in [0.2, 0.25) is 0 Å². The molecule has 0 saturated carbocycles. The van der Waals surface area contributed by atoms with Crippen LogP contribution in [0.3, 0.4) is 0 Å². The number of aromatic amines is 6. The van der Waals surface area contributed by atoms with Gasteiger partial charge < -0.3 is 28.9 Å². The summed E-state index contributed by atoms with van der Waals surface area (Å²) in [5.74, 6) is 0. The highest BCUT2D eigenvalue weighted by atomic mass is 32.1. The van der Waals surface area contributed by atoms with E-state index in [4.69, 9.17) is 0 Å². The van der Waals surface area contributed by atoms with Gasteiger partial charge in [0, 0.05) is 179 Å². The highest BCUT2D eigenvalue weighted by Crippen LogP contribution is 2.25. The molecule has 0 amide bonds. The standard InChI is InChI=1S/C8H6N2.C8H7N.C8H6S.C7H6N2.C6H4S2.C5H5N.3C4H4N2.C4H5N.C4H4S.2C3H3N3.3C3H4N2.2C3H3NO.2C3H3NS.C2H2N4/c1-2-4-8-7(3-1)9-5-6-10-8;2*1-2-4-8-7(3-1)5-6-9-8;1-2-4-7-6(3-1)8-5-9-7;1-3-7-6-2-4-8-5(1)6;1-2-4-6-5-3-1;1-2-6-4-3-5-1;1-2-5-4-6-3-1;1-2-4-6-5-3-1;2*1-2-4-5-3-1;1-4-2-6-3-5-1;1-2-5-6-3-4-1;1-2-5-3-4-1;2*1-2-4-5-3-1;1-2-5-3-4-1;1-2-4-5-3-1;1-2-5-3-4-1;1-2-4-5-3-1;1-3-5-2-6-4-1/h1-6H;1-6,9H;1-6H;1-5H,(H,8,9);1-4H;1-5H;3*1-4H;1-5H;1-4H;2*1-3H;3*1-3H,(H,4,5);4*1-3H;1-2H. The number of oxazole rings is 1. The number of pyridine rings is 1. The van der Waals surface area contributed by atoms with Gasteiger partial charge in [0.1, 0.15) is 44.2 Å². The van der Waals surface area contributed by atoms with E-state index in [1.165, 1.54) is 111 Å². The predicted molar refractivity (Wildman–Crippen MR) is 521 cm³/mol. The number of imidazole rings is 2. The van der Waals surface area contributed by atoms with Gasteiger partial charge in [-0.05, 0) is 177 Å².